The molecule has 0 aromatic heterocycles. The second-order valence-electron chi connectivity index (χ2n) is 3.86. The summed E-state index contributed by atoms with van der Waals surface area (Å²) in [6.07, 6.45) is 0.878. The third-order valence-corrected chi connectivity index (χ3v) is 3.65. The summed E-state index contributed by atoms with van der Waals surface area (Å²) in [4.78, 5) is 10.8. The highest BCUT2D eigenvalue weighted by atomic mass is 35.7. The maximum Gasteiger partial charge on any atom is 0.339 e. The van der Waals surface area contributed by atoms with Gasteiger partial charge in [-0.2, -0.15) is 0 Å². The molecular weight excluding hydrogens is 308 g/mol. The van der Waals surface area contributed by atoms with Gasteiger partial charge < -0.3 is 14.6 Å². The molecule has 0 unspecified atom stereocenters. The monoisotopic (exact) mass is 322 g/mol. The molecule has 0 atom stereocenters. The zero-order valence-corrected chi connectivity index (χ0v) is 12.4. The Bertz CT molecular complexity index is 569. The van der Waals surface area contributed by atoms with Crippen molar-refractivity contribution in [2.75, 3.05) is 19.8 Å². The van der Waals surface area contributed by atoms with Gasteiger partial charge in [-0.15, -0.1) is 0 Å². The number of hydrogen-bond acceptors (Lipinski definition) is 5. The predicted octanol–water partition coefficient (Wildman–Crippen LogP) is 2.12. The van der Waals surface area contributed by atoms with Crippen molar-refractivity contribution in [2.45, 2.75) is 18.2 Å². The van der Waals surface area contributed by atoms with Crippen LogP contribution in [0.25, 0.3) is 0 Å². The third-order valence-electron chi connectivity index (χ3n) is 2.30. The van der Waals surface area contributed by atoms with Gasteiger partial charge in [0.15, 0.2) is 0 Å². The van der Waals surface area contributed by atoms with E-state index >= 15 is 0 Å². The smallest absolute Gasteiger partial charge is 0.339 e. The molecule has 0 amide bonds. The summed E-state index contributed by atoms with van der Waals surface area (Å²) in [5.41, 5.74) is -0.262. The Balaban J connectivity index is 2.83. The fraction of sp³-hybridized carbons (Fsp3) is 0.417. The third kappa shape index (κ3) is 4.99. The first kappa shape index (κ1) is 16.7. The van der Waals surface area contributed by atoms with E-state index in [4.69, 9.17) is 25.3 Å². The molecule has 1 aromatic carbocycles. The molecule has 0 saturated carbocycles. The van der Waals surface area contributed by atoms with Gasteiger partial charge in [0.2, 0.25) is 0 Å². The van der Waals surface area contributed by atoms with Gasteiger partial charge in [0, 0.05) is 17.3 Å². The number of hydrogen-bond donors (Lipinski definition) is 1. The van der Waals surface area contributed by atoms with Crippen molar-refractivity contribution in [1.82, 2.24) is 0 Å². The maximum atomic E-state index is 11.2. The number of benzene rings is 1. The molecule has 0 fully saturated rings. The quantitative estimate of drug-likeness (QED) is 0.582. The normalized spacial score (nSPS) is 11.3. The minimum absolute atomic E-state index is 0.0710. The van der Waals surface area contributed by atoms with Crippen LogP contribution in [0.2, 0.25) is 0 Å². The minimum atomic E-state index is -3.98. The molecule has 8 heteroatoms. The van der Waals surface area contributed by atoms with Gasteiger partial charge in [-0.05, 0) is 24.6 Å². The first-order chi connectivity index (χ1) is 9.36. The lowest BCUT2D eigenvalue weighted by molar-refractivity contribution is 0.0685. The molecule has 0 aliphatic carbocycles. The fourth-order valence-electron chi connectivity index (χ4n) is 1.41. The Morgan fingerprint density at radius 2 is 2.00 bits per heavy atom. The summed E-state index contributed by atoms with van der Waals surface area (Å²) in [6.45, 7) is 3.06. The molecular formula is C12H15ClO6S. The van der Waals surface area contributed by atoms with Gasteiger partial charge in [0.1, 0.15) is 17.9 Å². The maximum absolute atomic E-state index is 11.2. The van der Waals surface area contributed by atoms with E-state index in [9.17, 15) is 13.2 Å². The summed E-state index contributed by atoms with van der Waals surface area (Å²) in [5.74, 6) is -1.22. The van der Waals surface area contributed by atoms with E-state index in [2.05, 4.69) is 0 Å². The molecule has 1 aromatic rings. The van der Waals surface area contributed by atoms with E-state index < -0.39 is 15.0 Å². The first-order valence-corrected chi connectivity index (χ1v) is 8.19. The Hall–Kier alpha value is -1.31. The lowest BCUT2D eigenvalue weighted by Gasteiger charge is -2.10. The number of ether oxygens (including phenoxy) is 2. The first-order valence-electron chi connectivity index (χ1n) is 5.88. The SMILES string of the molecule is CCCOCCOc1ccc(S(=O)(=O)Cl)cc1C(=O)O. The van der Waals surface area contributed by atoms with E-state index in [1.807, 2.05) is 6.92 Å². The fourth-order valence-corrected chi connectivity index (χ4v) is 2.19. The molecule has 0 radical (unpaired) electrons. The highest BCUT2D eigenvalue weighted by molar-refractivity contribution is 8.13. The molecule has 112 valence electrons. The van der Waals surface area contributed by atoms with Crippen molar-refractivity contribution in [2.24, 2.45) is 0 Å². The predicted molar refractivity (Wildman–Crippen MR) is 73.0 cm³/mol. The van der Waals surface area contributed by atoms with Crippen LogP contribution in [0.1, 0.15) is 23.7 Å². The number of halogens is 1. The largest absolute Gasteiger partial charge is 0.490 e. The van der Waals surface area contributed by atoms with Crippen LogP contribution in [0.4, 0.5) is 0 Å². The van der Waals surface area contributed by atoms with Crippen molar-refractivity contribution in [3.8, 4) is 5.75 Å². The summed E-state index contributed by atoms with van der Waals surface area (Å²) in [6, 6.07) is 3.42. The van der Waals surface area contributed by atoms with Crippen LogP contribution < -0.4 is 4.74 Å². The highest BCUT2D eigenvalue weighted by Crippen LogP contribution is 2.24. The van der Waals surface area contributed by atoms with Crippen LogP contribution in [-0.4, -0.2) is 39.3 Å². The Morgan fingerprint density at radius 3 is 2.55 bits per heavy atom. The molecule has 0 bridgehead atoms. The average Bonchev–Trinajstić information content (AvgIpc) is 2.37. The molecule has 6 nitrogen and oxygen atoms in total. The molecule has 0 heterocycles. The molecule has 0 saturated heterocycles. The number of rotatable bonds is 8. The van der Waals surface area contributed by atoms with Crippen LogP contribution in [0.5, 0.6) is 5.75 Å². The topological polar surface area (TPSA) is 89.9 Å². The van der Waals surface area contributed by atoms with E-state index in [1.165, 1.54) is 12.1 Å². The Kier molecular flexibility index (Phi) is 6.25. The second kappa shape index (κ2) is 7.47. The zero-order chi connectivity index (χ0) is 15.2. The lowest BCUT2D eigenvalue weighted by Crippen LogP contribution is -2.10. The van der Waals surface area contributed by atoms with Crippen LogP contribution >= 0.6 is 10.7 Å². The average molecular weight is 323 g/mol. The van der Waals surface area contributed by atoms with Gasteiger partial charge in [-0.3, -0.25) is 0 Å². The molecule has 20 heavy (non-hydrogen) atoms. The molecule has 0 spiro atoms. The zero-order valence-electron chi connectivity index (χ0n) is 10.8. The van der Waals surface area contributed by atoms with Gasteiger partial charge >= 0.3 is 5.97 Å². The summed E-state index contributed by atoms with van der Waals surface area (Å²) in [5, 5.41) is 9.05. The van der Waals surface area contributed by atoms with E-state index in [-0.39, 0.29) is 22.8 Å². The minimum Gasteiger partial charge on any atom is -0.490 e. The van der Waals surface area contributed by atoms with Crippen LogP contribution in [0, 0.1) is 0 Å². The molecule has 0 aliphatic rings. The standard InChI is InChI=1S/C12H15ClO6S/c1-2-5-18-6-7-19-11-4-3-9(20(13,16)17)8-10(11)12(14)15/h3-4,8H,2,5-7H2,1H3,(H,14,15). The van der Waals surface area contributed by atoms with Gasteiger partial charge in [-0.25, -0.2) is 13.2 Å². The van der Waals surface area contributed by atoms with Crippen molar-refractivity contribution >= 4 is 25.7 Å². The van der Waals surface area contributed by atoms with Crippen LogP contribution in [0.15, 0.2) is 23.1 Å². The number of carboxylic acids is 1. The number of aromatic carboxylic acids is 1. The Morgan fingerprint density at radius 1 is 1.30 bits per heavy atom. The number of carbonyl (C=O) groups is 1. The molecule has 1 rings (SSSR count). The van der Waals surface area contributed by atoms with Gasteiger partial charge in [0.05, 0.1) is 11.5 Å². The second-order valence-corrected chi connectivity index (χ2v) is 6.43. The van der Waals surface area contributed by atoms with Crippen molar-refractivity contribution in [3.05, 3.63) is 23.8 Å². The van der Waals surface area contributed by atoms with Gasteiger partial charge in [-0.1, -0.05) is 6.92 Å². The van der Waals surface area contributed by atoms with Crippen LogP contribution in [-0.2, 0) is 13.8 Å². The van der Waals surface area contributed by atoms with Crippen molar-refractivity contribution in [1.29, 1.82) is 0 Å². The lowest BCUT2D eigenvalue weighted by atomic mass is 10.2. The van der Waals surface area contributed by atoms with E-state index in [1.54, 1.807) is 0 Å². The van der Waals surface area contributed by atoms with Crippen LogP contribution in [0.3, 0.4) is 0 Å². The summed E-state index contributed by atoms with van der Waals surface area (Å²) < 4.78 is 32.8. The summed E-state index contributed by atoms with van der Waals surface area (Å²) >= 11 is 0. The Labute approximate surface area is 121 Å². The number of carboxylic acid groups (broad SMARTS) is 1. The molecule has 1 N–H and O–H groups in total. The van der Waals surface area contributed by atoms with Crippen molar-refractivity contribution < 1.29 is 27.8 Å². The van der Waals surface area contributed by atoms with Crippen molar-refractivity contribution in [3.63, 3.8) is 0 Å². The highest BCUT2D eigenvalue weighted by Gasteiger charge is 2.17. The van der Waals surface area contributed by atoms with E-state index in [0.717, 1.165) is 12.5 Å². The van der Waals surface area contributed by atoms with Gasteiger partial charge in [0.25, 0.3) is 9.05 Å². The van der Waals surface area contributed by atoms with E-state index in [0.29, 0.717) is 13.2 Å². The molecule has 0 aliphatic heterocycles. The summed E-state index contributed by atoms with van der Waals surface area (Å²) in [7, 11) is 1.19.